The highest BCUT2D eigenvalue weighted by molar-refractivity contribution is 5.77. The molecule has 0 amide bonds. The van der Waals surface area contributed by atoms with Gasteiger partial charge in [0.05, 0.1) is 6.54 Å². The van der Waals surface area contributed by atoms with Crippen LogP contribution in [0.2, 0.25) is 0 Å². The molecule has 0 aromatic carbocycles. The van der Waals surface area contributed by atoms with E-state index < -0.39 is 0 Å². The first-order chi connectivity index (χ1) is 6.75. The standard InChI is InChI=1S/C12H21NO/c1-10(14)8-13-7-6-11-4-2-3-5-12(11)9-13/h11-12H,2-9H2,1H3/t11-,12+/m0/s1. The van der Waals surface area contributed by atoms with Gasteiger partial charge in [-0.3, -0.25) is 9.69 Å². The molecule has 0 aromatic heterocycles. The maximum absolute atomic E-state index is 11.0. The van der Waals surface area contributed by atoms with Crippen molar-refractivity contribution in [3.05, 3.63) is 0 Å². The van der Waals surface area contributed by atoms with Crippen LogP contribution in [0.5, 0.6) is 0 Å². The predicted molar refractivity (Wildman–Crippen MR) is 57.2 cm³/mol. The molecule has 1 aliphatic heterocycles. The first-order valence-corrected chi connectivity index (χ1v) is 5.97. The van der Waals surface area contributed by atoms with Crippen LogP contribution in [0, 0.1) is 11.8 Å². The Labute approximate surface area is 86.7 Å². The van der Waals surface area contributed by atoms with E-state index in [0.717, 1.165) is 18.4 Å². The Balaban J connectivity index is 1.86. The maximum Gasteiger partial charge on any atom is 0.143 e. The number of fused-ring (bicyclic) bond motifs is 1. The van der Waals surface area contributed by atoms with Crippen molar-refractivity contribution >= 4 is 5.78 Å². The molecule has 2 aliphatic rings. The lowest BCUT2D eigenvalue weighted by Gasteiger charge is -2.40. The van der Waals surface area contributed by atoms with Crippen molar-refractivity contribution in [3.63, 3.8) is 0 Å². The molecule has 2 nitrogen and oxygen atoms in total. The van der Waals surface area contributed by atoms with E-state index in [9.17, 15) is 4.79 Å². The average Bonchev–Trinajstić information content (AvgIpc) is 2.17. The number of carbonyl (C=O) groups is 1. The molecule has 2 heteroatoms. The quantitative estimate of drug-likeness (QED) is 0.672. The number of nitrogens with zero attached hydrogens (tertiary/aromatic N) is 1. The smallest absolute Gasteiger partial charge is 0.143 e. The third-order valence-electron chi connectivity index (χ3n) is 3.82. The van der Waals surface area contributed by atoms with Crippen LogP contribution in [0.3, 0.4) is 0 Å². The molecule has 14 heavy (non-hydrogen) atoms. The lowest BCUT2D eigenvalue weighted by molar-refractivity contribution is -0.118. The number of piperidine rings is 1. The zero-order chi connectivity index (χ0) is 9.97. The number of Topliss-reactive ketones (excluding diaryl/α,β-unsaturated/α-hetero) is 1. The Morgan fingerprint density at radius 2 is 1.93 bits per heavy atom. The Kier molecular flexibility index (Phi) is 3.22. The first kappa shape index (κ1) is 10.2. The molecule has 0 unspecified atom stereocenters. The van der Waals surface area contributed by atoms with Gasteiger partial charge in [-0.05, 0) is 38.1 Å². The van der Waals surface area contributed by atoms with Gasteiger partial charge in [-0.25, -0.2) is 0 Å². The molecular weight excluding hydrogens is 174 g/mol. The van der Waals surface area contributed by atoms with Gasteiger partial charge in [-0.15, -0.1) is 0 Å². The van der Waals surface area contributed by atoms with Crippen LogP contribution < -0.4 is 0 Å². The number of likely N-dealkylation sites (tertiary alicyclic amines) is 1. The fraction of sp³-hybridized carbons (Fsp3) is 0.917. The van der Waals surface area contributed by atoms with E-state index in [1.807, 2.05) is 0 Å². The van der Waals surface area contributed by atoms with E-state index >= 15 is 0 Å². The molecular formula is C12H21NO. The lowest BCUT2D eigenvalue weighted by Crippen LogP contribution is -2.43. The van der Waals surface area contributed by atoms with Gasteiger partial charge >= 0.3 is 0 Å². The predicted octanol–water partition coefficient (Wildman–Crippen LogP) is 2.09. The van der Waals surface area contributed by atoms with Crippen LogP contribution >= 0.6 is 0 Å². The Morgan fingerprint density at radius 1 is 1.21 bits per heavy atom. The molecule has 0 bridgehead atoms. The molecule has 1 saturated carbocycles. The second-order valence-electron chi connectivity index (χ2n) is 5.03. The summed E-state index contributed by atoms with van der Waals surface area (Å²) in [5, 5.41) is 0. The summed E-state index contributed by atoms with van der Waals surface area (Å²) in [5.74, 6) is 2.20. The van der Waals surface area contributed by atoms with E-state index in [4.69, 9.17) is 0 Å². The van der Waals surface area contributed by atoms with Gasteiger partial charge in [-0.1, -0.05) is 19.3 Å². The number of hydrogen-bond donors (Lipinski definition) is 0. The molecule has 2 atom stereocenters. The molecule has 80 valence electrons. The summed E-state index contributed by atoms with van der Waals surface area (Å²) in [6, 6.07) is 0. The molecule has 0 radical (unpaired) electrons. The molecule has 0 spiro atoms. The summed E-state index contributed by atoms with van der Waals surface area (Å²) in [6.07, 6.45) is 7.03. The maximum atomic E-state index is 11.0. The number of ketones is 1. The fourth-order valence-electron chi connectivity index (χ4n) is 3.13. The highest BCUT2D eigenvalue weighted by Crippen LogP contribution is 2.35. The summed E-state index contributed by atoms with van der Waals surface area (Å²) in [7, 11) is 0. The molecule has 1 aliphatic carbocycles. The van der Waals surface area contributed by atoms with Crippen LogP contribution in [0.25, 0.3) is 0 Å². The van der Waals surface area contributed by atoms with E-state index in [2.05, 4.69) is 4.90 Å². The SMILES string of the molecule is CC(=O)CN1CC[C@@H]2CCCC[C@@H]2C1. The molecule has 0 aromatic rings. The van der Waals surface area contributed by atoms with Crippen LogP contribution in [-0.2, 0) is 4.79 Å². The van der Waals surface area contributed by atoms with Gasteiger partial charge < -0.3 is 0 Å². The second-order valence-corrected chi connectivity index (χ2v) is 5.03. The highest BCUT2D eigenvalue weighted by Gasteiger charge is 2.30. The largest absolute Gasteiger partial charge is 0.299 e. The fourth-order valence-corrected chi connectivity index (χ4v) is 3.13. The van der Waals surface area contributed by atoms with Crippen LogP contribution in [0.4, 0.5) is 0 Å². The molecule has 0 N–H and O–H groups in total. The van der Waals surface area contributed by atoms with Gasteiger partial charge in [-0.2, -0.15) is 0 Å². The van der Waals surface area contributed by atoms with Crippen molar-refractivity contribution in [2.45, 2.75) is 39.0 Å². The van der Waals surface area contributed by atoms with Gasteiger partial charge in [0.1, 0.15) is 5.78 Å². The van der Waals surface area contributed by atoms with Gasteiger partial charge in [0.25, 0.3) is 0 Å². The first-order valence-electron chi connectivity index (χ1n) is 5.97. The monoisotopic (exact) mass is 195 g/mol. The minimum Gasteiger partial charge on any atom is -0.299 e. The summed E-state index contributed by atoms with van der Waals surface area (Å²) >= 11 is 0. The third-order valence-corrected chi connectivity index (χ3v) is 3.82. The van der Waals surface area contributed by atoms with E-state index in [0.29, 0.717) is 12.3 Å². The topological polar surface area (TPSA) is 20.3 Å². The number of carbonyl (C=O) groups excluding carboxylic acids is 1. The molecule has 2 rings (SSSR count). The average molecular weight is 195 g/mol. The van der Waals surface area contributed by atoms with Gasteiger partial charge in [0.2, 0.25) is 0 Å². The van der Waals surface area contributed by atoms with Crippen molar-refractivity contribution in [1.82, 2.24) is 4.90 Å². The van der Waals surface area contributed by atoms with Crippen LogP contribution in [0.1, 0.15) is 39.0 Å². The van der Waals surface area contributed by atoms with Crippen LogP contribution in [-0.4, -0.2) is 30.3 Å². The van der Waals surface area contributed by atoms with E-state index in [-0.39, 0.29) is 0 Å². The summed E-state index contributed by atoms with van der Waals surface area (Å²) < 4.78 is 0. The zero-order valence-electron chi connectivity index (χ0n) is 9.17. The van der Waals surface area contributed by atoms with Crippen LogP contribution in [0.15, 0.2) is 0 Å². The summed E-state index contributed by atoms with van der Waals surface area (Å²) in [5.41, 5.74) is 0. The third kappa shape index (κ3) is 2.35. The van der Waals surface area contributed by atoms with Crippen molar-refractivity contribution in [1.29, 1.82) is 0 Å². The van der Waals surface area contributed by atoms with Gasteiger partial charge in [0.15, 0.2) is 0 Å². The highest BCUT2D eigenvalue weighted by atomic mass is 16.1. The summed E-state index contributed by atoms with van der Waals surface area (Å²) in [4.78, 5) is 13.4. The Morgan fingerprint density at radius 3 is 2.64 bits per heavy atom. The summed E-state index contributed by atoms with van der Waals surface area (Å²) in [6.45, 7) is 4.72. The zero-order valence-corrected chi connectivity index (χ0v) is 9.17. The minimum atomic E-state index is 0.319. The number of rotatable bonds is 2. The van der Waals surface area contributed by atoms with Crippen molar-refractivity contribution in [2.75, 3.05) is 19.6 Å². The van der Waals surface area contributed by atoms with E-state index in [1.165, 1.54) is 38.6 Å². The second kappa shape index (κ2) is 4.43. The van der Waals surface area contributed by atoms with Crippen molar-refractivity contribution in [3.8, 4) is 0 Å². The minimum absolute atomic E-state index is 0.319. The van der Waals surface area contributed by atoms with E-state index in [1.54, 1.807) is 6.92 Å². The number of hydrogen-bond acceptors (Lipinski definition) is 2. The molecule has 1 heterocycles. The van der Waals surface area contributed by atoms with Crippen molar-refractivity contribution < 1.29 is 4.79 Å². The molecule has 1 saturated heterocycles. The normalized spacial score (nSPS) is 33.8. The molecule has 2 fully saturated rings. The Bertz CT molecular complexity index is 214. The van der Waals surface area contributed by atoms with Gasteiger partial charge in [0, 0.05) is 6.54 Å². The Hall–Kier alpha value is -0.370. The lowest BCUT2D eigenvalue weighted by atomic mass is 9.75. The van der Waals surface area contributed by atoms with Crippen molar-refractivity contribution in [2.24, 2.45) is 11.8 Å².